The van der Waals surface area contributed by atoms with E-state index in [1.54, 1.807) is 11.3 Å². The van der Waals surface area contributed by atoms with Gasteiger partial charge in [0.2, 0.25) is 0 Å². The Hall–Kier alpha value is -3.62. The molecule has 17 atom stereocenters. The summed E-state index contributed by atoms with van der Waals surface area (Å²) in [7, 11) is 0. The first-order valence-corrected chi connectivity index (χ1v) is 27.8. The predicted octanol–water partition coefficient (Wildman–Crippen LogP) is 10.2. The van der Waals surface area contributed by atoms with E-state index in [9.17, 15) is 5.11 Å². The van der Waals surface area contributed by atoms with E-state index in [1.165, 1.54) is 88.3 Å². The summed E-state index contributed by atoms with van der Waals surface area (Å²) in [6.07, 6.45) is 31.2. The molecule has 1 aromatic rings. The van der Waals surface area contributed by atoms with Gasteiger partial charge in [-0.05, 0) is 174 Å². The van der Waals surface area contributed by atoms with Crippen LogP contribution in [-0.4, -0.2) is 64.6 Å². The van der Waals surface area contributed by atoms with Crippen LogP contribution in [0, 0.1) is 81.3 Å². The Morgan fingerprint density at radius 2 is 1.79 bits per heavy atom. The molecule has 0 aromatic heterocycles. The van der Waals surface area contributed by atoms with Crippen molar-refractivity contribution in [2.45, 2.75) is 153 Å². The number of hydrogen-bond donors (Lipinski definition) is 2. The van der Waals surface area contributed by atoms with Gasteiger partial charge in [-0.2, -0.15) is 0 Å². The zero-order valence-corrected chi connectivity index (χ0v) is 39.7. The maximum atomic E-state index is 16.4. The molecule has 352 valence electrons. The molecule has 16 rings (SSSR count). The van der Waals surface area contributed by atoms with E-state index >= 15 is 9.59 Å². The Morgan fingerprint density at radius 3 is 2.67 bits per heavy atom. The van der Waals surface area contributed by atoms with Crippen molar-refractivity contribution in [2.24, 2.45) is 87.1 Å². The summed E-state index contributed by atoms with van der Waals surface area (Å²) in [5.41, 5.74) is 12.2. The highest BCUT2D eigenvalue weighted by Crippen LogP contribution is 2.88. The van der Waals surface area contributed by atoms with Crippen molar-refractivity contribution in [3.63, 3.8) is 0 Å². The van der Waals surface area contributed by atoms with Crippen LogP contribution in [0.5, 0.6) is 0 Å². The van der Waals surface area contributed by atoms with Gasteiger partial charge >= 0.3 is 11.9 Å². The highest BCUT2D eigenvalue weighted by Gasteiger charge is 2.94. The van der Waals surface area contributed by atoms with E-state index in [1.807, 2.05) is 0 Å². The summed E-state index contributed by atoms with van der Waals surface area (Å²) in [6.45, 7) is 5.15. The lowest BCUT2D eigenvalue weighted by molar-refractivity contribution is -0.282. The molecule has 7 fully saturated rings. The third-order valence-electron chi connectivity index (χ3n) is 23.6. The second-order valence-electron chi connectivity index (χ2n) is 25.7. The smallest absolute Gasteiger partial charge is 0.339 e. The van der Waals surface area contributed by atoms with Crippen LogP contribution in [0.25, 0.3) is 0 Å². The van der Waals surface area contributed by atoms with Gasteiger partial charge in [-0.3, -0.25) is 9.69 Å². The number of hydrogen-bond acceptors (Lipinski definition) is 8. The fourth-order valence-electron chi connectivity index (χ4n) is 21.8. The number of esters is 2. The molecule has 15 aliphatic rings. The number of rotatable bonds is 4. The molecule has 4 spiro atoms. The molecule has 7 heterocycles. The number of aryl methyl sites for hydroxylation is 1. The molecule has 67 heavy (non-hydrogen) atoms. The van der Waals surface area contributed by atoms with Gasteiger partial charge < -0.3 is 25.2 Å². The minimum Gasteiger partial charge on any atom is -0.508 e. The van der Waals surface area contributed by atoms with Crippen molar-refractivity contribution in [1.82, 2.24) is 9.80 Å². The molecule has 7 bridgehead atoms. The molecule has 7 aliphatic heterocycles. The number of nitrogens with two attached hydrogens (primary N) is 1. The second-order valence-corrected chi connectivity index (χ2v) is 25.7. The predicted molar refractivity (Wildman–Crippen MR) is 254 cm³/mol. The van der Waals surface area contributed by atoms with Crippen molar-refractivity contribution < 1.29 is 24.2 Å². The zero-order chi connectivity index (χ0) is 44.5. The van der Waals surface area contributed by atoms with E-state index in [0.29, 0.717) is 90.0 Å². The van der Waals surface area contributed by atoms with Gasteiger partial charge in [0.15, 0.2) is 11.4 Å². The topological polar surface area (TPSA) is 105 Å². The Labute approximate surface area is 396 Å². The molecule has 3 N–H and O–H groups in total. The van der Waals surface area contributed by atoms with Crippen LogP contribution in [0.4, 0.5) is 0 Å². The molecule has 0 amide bonds. The molecule has 17 unspecified atom stereocenters. The second kappa shape index (κ2) is 13.4. The van der Waals surface area contributed by atoms with Crippen LogP contribution in [0.3, 0.4) is 0 Å². The fourth-order valence-corrected chi connectivity index (χ4v) is 21.8. The van der Waals surface area contributed by atoms with Gasteiger partial charge in [0.1, 0.15) is 11.2 Å². The lowest BCUT2D eigenvalue weighted by Gasteiger charge is -2.73. The number of benzene rings is 1. The van der Waals surface area contributed by atoms with Crippen molar-refractivity contribution >= 4 is 11.9 Å². The first-order chi connectivity index (χ1) is 32.7. The number of allylic oxidation sites excluding steroid dienone is 6. The lowest BCUT2D eigenvalue weighted by atomic mass is 9.27. The summed E-state index contributed by atoms with van der Waals surface area (Å²) < 4.78 is 14.6. The molecular formula is C59H71N3O5. The normalized spacial score (nSPS) is 48.4. The zero-order valence-electron chi connectivity index (χ0n) is 39.7. The Bertz CT molecular complexity index is 2600. The molecule has 8 aliphatic carbocycles. The highest BCUT2D eigenvalue weighted by atomic mass is 16.6. The molecule has 3 saturated carbocycles. The Kier molecular flexibility index (Phi) is 8.04. The summed E-state index contributed by atoms with van der Waals surface area (Å²) in [5.74, 6) is 3.57. The van der Waals surface area contributed by atoms with Crippen LogP contribution in [0.15, 0.2) is 76.4 Å². The van der Waals surface area contributed by atoms with Gasteiger partial charge in [0.25, 0.3) is 0 Å². The van der Waals surface area contributed by atoms with Gasteiger partial charge in [0, 0.05) is 66.1 Å². The fraction of sp³-hybridized carbons (Fsp3) is 0.695. The van der Waals surface area contributed by atoms with E-state index in [-0.39, 0.29) is 53.5 Å². The number of ether oxygens (including phenoxy) is 2. The minimum atomic E-state index is -1.14. The van der Waals surface area contributed by atoms with Crippen molar-refractivity contribution in [1.29, 1.82) is 0 Å². The maximum Gasteiger partial charge on any atom is 0.339 e. The third kappa shape index (κ3) is 4.52. The van der Waals surface area contributed by atoms with Crippen LogP contribution in [0.1, 0.15) is 144 Å². The summed E-state index contributed by atoms with van der Waals surface area (Å²) in [4.78, 5) is 37.6. The number of aliphatic hydroxyl groups excluding tert-OH is 1. The summed E-state index contributed by atoms with van der Waals surface area (Å²) in [5, 5.41) is 14.0. The number of carbonyl (C=O) groups excluding carboxylic acids is 2. The third-order valence-corrected chi connectivity index (χ3v) is 23.6. The molecule has 8 nitrogen and oxygen atoms in total. The van der Waals surface area contributed by atoms with E-state index < -0.39 is 16.4 Å². The van der Waals surface area contributed by atoms with Gasteiger partial charge in [0.05, 0.1) is 11.0 Å². The molecule has 4 saturated heterocycles. The number of nitrogens with zero attached hydrogens (tertiary/aromatic N) is 2. The minimum absolute atomic E-state index is 0.0500. The quantitative estimate of drug-likeness (QED) is 0.227. The SMILES string of the molecule is CC1C=CC2C3=C4CCC56C(=C(O)C7CCC8C9CC(CN8C7C7CCC8(CCCC8)C7)C7CCC8=C(C4C4C(CC=CC24)C8)N7C9)OC(=O)C35C(C1)C61OC(=O)c2c(CCCN)cccc21. The van der Waals surface area contributed by atoms with Crippen LogP contribution < -0.4 is 5.73 Å². The van der Waals surface area contributed by atoms with Gasteiger partial charge in [-0.25, -0.2) is 4.79 Å². The van der Waals surface area contributed by atoms with Crippen molar-refractivity contribution in [2.75, 3.05) is 19.6 Å². The van der Waals surface area contributed by atoms with Crippen LogP contribution in [-0.2, 0) is 26.3 Å². The van der Waals surface area contributed by atoms with Crippen LogP contribution in [0.2, 0.25) is 0 Å². The molecular weight excluding hydrogens is 831 g/mol. The summed E-state index contributed by atoms with van der Waals surface area (Å²) >= 11 is 0. The largest absolute Gasteiger partial charge is 0.508 e. The van der Waals surface area contributed by atoms with Crippen LogP contribution >= 0.6 is 0 Å². The number of carbonyl (C=O) groups is 2. The number of piperidine rings is 3. The summed E-state index contributed by atoms with van der Waals surface area (Å²) in [6, 6.07) is 7.66. The molecule has 8 heteroatoms. The van der Waals surface area contributed by atoms with Crippen molar-refractivity contribution in [3.05, 3.63) is 93.1 Å². The van der Waals surface area contributed by atoms with Gasteiger partial charge in [-0.15, -0.1) is 0 Å². The van der Waals surface area contributed by atoms with Crippen molar-refractivity contribution in [3.8, 4) is 0 Å². The highest BCUT2D eigenvalue weighted by molar-refractivity contribution is 6.00. The number of aliphatic hydroxyl groups is 1. The van der Waals surface area contributed by atoms with E-state index in [0.717, 1.165) is 49.8 Å². The molecule has 0 radical (unpaired) electrons. The first kappa shape index (κ1) is 40.1. The molecule has 1 aromatic carbocycles. The first-order valence-electron chi connectivity index (χ1n) is 27.8. The van der Waals surface area contributed by atoms with Gasteiger partial charge in [-0.1, -0.05) is 73.4 Å². The lowest BCUT2D eigenvalue weighted by Crippen LogP contribution is -2.78. The maximum absolute atomic E-state index is 16.4. The Morgan fingerprint density at radius 1 is 0.910 bits per heavy atom. The average Bonchev–Trinajstić information content (AvgIpc) is 4.11. The monoisotopic (exact) mass is 902 g/mol. The Balaban J connectivity index is 1.00. The van der Waals surface area contributed by atoms with E-state index in [2.05, 4.69) is 59.2 Å². The number of fused-ring (bicyclic) bond motifs is 9. The average molecular weight is 902 g/mol. The standard InChI is InChI=1S/C59H71N3O5/c1-31-12-14-39-38-10-4-8-33-26-34-13-16-43-36-27-37-30-62(43)51(34)48(46(33)38)40-19-23-57-53(52(63)41-15-17-44(37)61(29-36)50(41)35-18-22-56(28-35)20-2-3-21-56)66-55(65)58(57,49(39)40)45(25-31)59(57)42-11-5-7-32(9-6-24-60)47(42)54(64)67-59/h4-5,7,10-12,14,31,33,35-39,41,43-46,48,50,63H,2-3,6,8-9,13,15-30,60H2,1H3. The van der Waals surface area contributed by atoms with E-state index in [4.69, 9.17) is 15.2 Å².